The molecule has 0 radical (unpaired) electrons. The van der Waals surface area contributed by atoms with Gasteiger partial charge in [0.2, 0.25) is 0 Å². The van der Waals surface area contributed by atoms with Gasteiger partial charge in [0.15, 0.2) is 5.78 Å². The van der Waals surface area contributed by atoms with Gasteiger partial charge in [-0.1, -0.05) is 43.1 Å². The summed E-state index contributed by atoms with van der Waals surface area (Å²) in [5, 5.41) is 10.2. The molecule has 1 aromatic rings. The molecule has 0 bridgehead atoms. The zero-order valence-corrected chi connectivity index (χ0v) is 15.6. The fourth-order valence-electron chi connectivity index (χ4n) is 3.23. The van der Waals surface area contributed by atoms with Gasteiger partial charge >= 0.3 is 0 Å². The number of thioether (sulfide) groups is 1. The van der Waals surface area contributed by atoms with Gasteiger partial charge in [-0.15, -0.1) is 11.8 Å². The van der Waals surface area contributed by atoms with Crippen LogP contribution in [0.25, 0.3) is 0 Å². The number of nitriles is 1. The molecule has 1 aromatic carbocycles. The van der Waals surface area contributed by atoms with E-state index >= 15 is 0 Å². The molecule has 2 N–H and O–H groups in total. The SMILES string of the molecule is CC1(C)CC(=O)C2=C(C1)S[C@@H](c1c(Cl)cccc1Cl)C(C#N)=C2N. The summed E-state index contributed by atoms with van der Waals surface area (Å²) in [6, 6.07) is 7.41. The Balaban J connectivity index is 2.17. The molecule has 124 valence electrons. The molecular weight excluding hydrogens is 363 g/mol. The first-order chi connectivity index (χ1) is 11.2. The lowest BCUT2D eigenvalue weighted by Gasteiger charge is -2.36. The summed E-state index contributed by atoms with van der Waals surface area (Å²) < 4.78 is 0. The van der Waals surface area contributed by atoms with Crippen LogP contribution < -0.4 is 5.73 Å². The lowest BCUT2D eigenvalue weighted by Crippen LogP contribution is -2.30. The molecule has 0 saturated heterocycles. The summed E-state index contributed by atoms with van der Waals surface area (Å²) in [5.74, 6) is 0.00251. The van der Waals surface area contributed by atoms with E-state index in [0.29, 0.717) is 33.2 Å². The number of benzene rings is 1. The maximum atomic E-state index is 12.5. The van der Waals surface area contributed by atoms with Crippen LogP contribution in [0.15, 0.2) is 39.9 Å². The van der Waals surface area contributed by atoms with E-state index in [2.05, 4.69) is 19.9 Å². The Morgan fingerprint density at radius 2 is 1.92 bits per heavy atom. The number of Topliss-reactive ketones (excluding diaryl/α,β-unsaturated/α-hetero) is 1. The number of carbonyl (C=O) groups is 1. The highest BCUT2D eigenvalue weighted by Gasteiger charge is 2.41. The van der Waals surface area contributed by atoms with Crippen LogP contribution in [0.1, 0.15) is 37.5 Å². The van der Waals surface area contributed by atoms with E-state index in [1.165, 1.54) is 11.8 Å². The van der Waals surface area contributed by atoms with Crippen LogP contribution in [-0.4, -0.2) is 5.78 Å². The number of allylic oxidation sites excluding steroid dienone is 2. The Hall–Kier alpha value is -1.41. The Morgan fingerprint density at radius 1 is 1.29 bits per heavy atom. The highest BCUT2D eigenvalue weighted by atomic mass is 35.5. The number of halogens is 2. The lowest BCUT2D eigenvalue weighted by molar-refractivity contribution is -0.117. The molecule has 1 heterocycles. The van der Waals surface area contributed by atoms with Gasteiger partial charge in [0.25, 0.3) is 0 Å². The Labute approximate surface area is 155 Å². The summed E-state index contributed by atoms with van der Waals surface area (Å²) in [6.07, 6.45) is 1.18. The van der Waals surface area contributed by atoms with Crippen LogP contribution in [0.3, 0.4) is 0 Å². The molecule has 0 fully saturated rings. The topological polar surface area (TPSA) is 66.9 Å². The summed E-state index contributed by atoms with van der Waals surface area (Å²) in [4.78, 5) is 13.5. The minimum absolute atomic E-state index is 0.00251. The van der Waals surface area contributed by atoms with Crippen LogP contribution in [0.2, 0.25) is 10.0 Å². The van der Waals surface area contributed by atoms with Gasteiger partial charge in [-0.2, -0.15) is 5.26 Å². The van der Waals surface area contributed by atoms with Gasteiger partial charge in [0, 0.05) is 22.0 Å². The second-order valence-electron chi connectivity index (χ2n) is 6.81. The maximum absolute atomic E-state index is 12.5. The molecule has 24 heavy (non-hydrogen) atoms. The van der Waals surface area contributed by atoms with E-state index in [1.807, 2.05) is 0 Å². The molecule has 0 aromatic heterocycles. The van der Waals surface area contributed by atoms with Crippen molar-refractivity contribution in [2.24, 2.45) is 11.1 Å². The van der Waals surface area contributed by atoms with Crippen molar-refractivity contribution in [1.82, 2.24) is 0 Å². The van der Waals surface area contributed by atoms with Crippen molar-refractivity contribution in [3.63, 3.8) is 0 Å². The van der Waals surface area contributed by atoms with E-state index < -0.39 is 5.25 Å². The molecular formula is C18H16Cl2N2OS. The average Bonchev–Trinajstić information content (AvgIpc) is 2.45. The van der Waals surface area contributed by atoms with E-state index in [0.717, 1.165) is 11.3 Å². The monoisotopic (exact) mass is 378 g/mol. The Kier molecular flexibility index (Phi) is 4.46. The van der Waals surface area contributed by atoms with Gasteiger partial charge in [-0.25, -0.2) is 0 Å². The van der Waals surface area contributed by atoms with Crippen LogP contribution in [0, 0.1) is 16.7 Å². The van der Waals surface area contributed by atoms with Gasteiger partial charge in [0.05, 0.1) is 28.2 Å². The number of nitrogens with two attached hydrogens (primary N) is 1. The molecule has 6 heteroatoms. The van der Waals surface area contributed by atoms with Crippen molar-refractivity contribution in [3.05, 3.63) is 55.6 Å². The Morgan fingerprint density at radius 3 is 2.50 bits per heavy atom. The first kappa shape index (κ1) is 17.4. The fourth-order valence-corrected chi connectivity index (χ4v) is 5.74. The van der Waals surface area contributed by atoms with E-state index in [1.54, 1.807) is 18.2 Å². The summed E-state index contributed by atoms with van der Waals surface area (Å²) in [5.41, 5.74) is 7.91. The largest absolute Gasteiger partial charge is 0.397 e. The molecule has 1 aliphatic heterocycles. The average molecular weight is 379 g/mol. The number of ketones is 1. The third kappa shape index (κ3) is 2.86. The van der Waals surface area contributed by atoms with Crippen molar-refractivity contribution in [2.75, 3.05) is 0 Å². The zero-order valence-electron chi connectivity index (χ0n) is 13.3. The second-order valence-corrected chi connectivity index (χ2v) is 8.83. The predicted octanol–water partition coefficient (Wildman–Crippen LogP) is 5.16. The highest BCUT2D eigenvalue weighted by Crippen LogP contribution is 2.55. The van der Waals surface area contributed by atoms with Crippen molar-refractivity contribution >= 4 is 40.7 Å². The van der Waals surface area contributed by atoms with E-state index in [9.17, 15) is 10.1 Å². The molecule has 0 unspecified atom stereocenters. The number of carbonyl (C=O) groups excluding carboxylic acids is 1. The minimum atomic E-state index is -0.392. The molecule has 2 aliphatic rings. The first-order valence-corrected chi connectivity index (χ1v) is 9.16. The van der Waals surface area contributed by atoms with Gasteiger partial charge < -0.3 is 5.73 Å². The summed E-state index contributed by atoms with van der Waals surface area (Å²) in [6.45, 7) is 4.12. The molecule has 0 saturated carbocycles. The van der Waals surface area contributed by atoms with E-state index in [-0.39, 0.29) is 16.9 Å². The van der Waals surface area contributed by atoms with Crippen LogP contribution in [0.5, 0.6) is 0 Å². The van der Waals surface area contributed by atoms with E-state index in [4.69, 9.17) is 28.9 Å². The molecule has 3 nitrogen and oxygen atoms in total. The summed E-state index contributed by atoms with van der Waals surface area (Å²) in [7, 11) is 0. The van der Waals surface area contributed by atoms with Gasteiger partial charge in [-0.3, -0.25) is 4.79 Å². The molecule has 1 atom stereocenters. The lowest BCUT2D eigenvalue weighted by atomic mass is 9.76. The maximum Gasteiger partial charge on any atom is 0.166 e. The molecule has 0 amide bonds. The molecule has 1 aliphatic carbocycles. The molecule has 0 spiro atoms. The third-order valence-corrected chi connectivity index (χ3v) is 6.30. The van der Waals surface area contributed by atoms with Crippen molar-refractivity contribution in [2.45, 2.75) is 31.9 Å². The zero-order chi connectivity index (χ0) is 17.6. The normalized spacial score (nSPS) is 23.1. The first-order valence-electron chi connectivity index (χ1n) is 7.52. The quantitative estimate of drug-likeness (QED) is 0.732. The second kappa shape index (κ2) is 6.15. The predicted molar refractivity (Wildman–Crippen MR) is 98.7 cm³/mol. The van der Waals surface area contributed by atoms with Crippen molar-refractivity contribution in [1.29, 1.82) is 5.26 Å². The van der Waals surface area contributed by atoms with Crippen LogP contribution in [0.4, 0.5) is 0 Å². The van der Waals surface area contributed by atoms with Gasteiger partial charge in [-0.05, 0) is 28.9 Å². The Bertz CT molecular complexity index is 829. The number of hydrogen-bond acceptors (Lipinski definition) is 4. The smallest absolute Gasteiger partial charge is 0.166 e. The standard InChI is InChI=1S/C18H16Cl2N2OS/c1-18(2)6-12(23)15-13(7-18)24-17(9(8-21)16(15)22)14-10(19)4-3-5-11(14)20/h3-5,17H,6-7,22H2,1-2H3/t17-/m1/s1. The van der Waals surface area contributed by atoms with Crippen LogP contribution >= 0.6 is 35.0 Å². The van der Waals surface area contributed by atoms with Gasteiger partial charge in [0.1, 0.15) is 0 Å². The number of rotatable bonds is 1. The number of hydrogen-bond donors (Lipinski definition) is 1. The third-order valence-electron chi connectivity index (χ3n) is 4.30. The van der Waals surface area contributed by atoms with Crippen molar-refractivity contribution < 1.29 is 4.79 Å². The molecule has 3 rings (SSSR count). The highest BCUT2D eigenvalue weighted by molar-refractivity contribution is 8.03. The number of nitrogens with zero attached hydrogens (tertiary/aromatic N) is 1. The summed E-state index contributed by atoms with van der Waals surface area (Å²) >= 11 is 14.1. The minimum Gasteiger partial charge on any atom is -0.397 e. The fraction of sp³-hybridized carbons (Fsp3) is 0.333. The van der Waals surface area contributed by atoms with Crippen molar-refractivity contribution in [3.8, 4) is 6.07 Å². The van der Waals surface area contributed by atoms with Crippen LogP contribution in [-0.2, 0) is 4.79 Å².